The summed E-state index contributed by atoms with van der Waals surface area (Å²) >= 11 is 0. The lowest BCUT2D eigenvalue weighted by molar-refractivity contribution is -0.0863. The molecule has 16 heavy (non-hydrogen) atoms. The van der Waals surface area contributed by atoms with Crippen LogP contribution in [0.4, 0.5) is 0 Å². The molecule has 96 valence electrons. The van der Waals surface area contributed by atoms with Gasteiger partial charge in [-0.2, -0.15) is 0 Å². The van der Waals surface area contributed by atoms with Gasteiger partial charge in [0.1, 0.15) is 0 Å². The largest absolute Gasteiger partial charge is 0.376 e. The minimum Gasteiger partial charge on any atom is -0.376 e. The van der Waals surface area contributed by atoms with E-state index in [0.29, 0.717) is 0 Å². The smallest absolute Gasteiger partial charge is 0.0933 e. The van der Waals surface area contributed by atoms with Gasteiger partial charge in [0.15, 0.2) is 0 Å². The van der Waals surface area contributed by atoms with Gasteiger partial charge in [-0.05, 0) is 32.6 Å². The van der Waals surface area contributed by atoms with Crippen LogP contribution >= 0.6 is 0 Å². The Hall–Kier alpha value is -0.160. The molecule has 0 amide bonds. The average molecular weight is 230 g/mol. The fourth-order valence-corrected chi connectivity index (χ4v) is 1.88. The van der Waals surface area contributed by atoms with Gasteiger partial charge in [0.2, 0.25) is 0 Å². The number of rotatable bonds is 8. The predicted octanol–water partition coefficient (Wildman–Crippen LogP) is 0.723. The van der Waals surface area contributed by atoms with Crippen molar-refractivity contribution in [3.05, 3.63) is 0 Å². The molecule has 1 aliphatic rings. The van der Waals surface area contributed by atoms with Crippen molar-refractivity contribution in [2.45, 2.75) is 26.4 Å². The van der Waals surface area contributed by atoms with E-state index in [9.17, 15) is 0 Å². The third-order valence-electron chi connectivity index (χ3n) is 2.98. The number of hydrogen-bond donors (Lipinski definition) is 1. The van der Waals surface area contributed by atoms with Crippen molar-refractivity contribution >= 4 is 0 Å². The molecule has 4 nitrogen and oxygen atoms in total. The first-order valence-electron chi connectivity index (χ1n) is 6.49. The Morgan fingerprint density at radius 2 is 2.06 bits per heavy atom. The zero-order chi connectivity index (χ0) is 11.6. The minimum absolute atomic E-state index is 0.252. The van der Waals surface area contributed by atoms with E-state index < -0.39 is 0 Å². The molecule has 0 saturated carbocycles. The standard InChI is InChI=1S/C12H26N2O2/c1-3-14(4-2)7-5-6-13-10-12-11-15-8-9-16-12/h12-13H,3-11H2,1-2H3. The highest BCUT2D eigenvalue weighted by atomic mass is 16.6. The van der Waals surface area contributed by atoms with Gasteiger partial charge in [0.25, 0.3) is 0 Å². The molecule has 0 aromatic rings. The lowest BCUT2D eigenvalue weighted by atomic mass is 10.3. The molecular formula is C12H26N2O2. The summed E-state index contributed by atoms with van der Waals surface area (Å²) in [6, 6.07) is 0. The molecule has 1 aliphatic heterocycles. The van der Waals surface area contributed by atoms with Crippen molar-refractivity contribution in [3.63, 3.8) is 0 Å². The van der Waals surface area contributed by atoms with Crippen LogP contribution in [0.5, 0.6) is 0 Å². The molecule has 0 radical (unpaired) electrons. The zero-order valence-corrected chi connectivity index (χ0v) is 10.7. The second-order valence-electron chi connectivity index (χ2n) is 4.15. The normalized spacial score (nSPS) is 21.6. The van der Waals surface area contributed by atoms with Crippen LogP contribution in [-0.2, 0) is 9.47 Å². The first-order valence-corrected chi connectivity index (χ1v) is 6.49. The highest BCUT2D eigenvalue weighted by Gasteiger charge is 2.12. The number of nitrogens with one attached hydrogen (secondary N) is 1. The van der Waals surface area contributed by atoms with E-state index in [1.807, 2.05) is 0 Å². The van der Waals surface area contributed by atoms with Gasteiger partial charge in [-0.15, -0.1) is 0 Å². The fourth-order valence-electron chi connectivity index (χ4n) is 1.88. The maximum absolute atomic E-state index is 5.55. The molecule has 1 fully saturated rings. The van der Waals surface area contributed by atoms with E-state index in [0.717, 1.165) is 46.0 Å². The van der Waals surface area contributed by atoms with Crippen LogP contribution in [0.1, 0.15) is 20.3 Å². The van der Waals surface area contributed by atoms with E-state index in [-0.39, 0.29) is 6.10 Å². The Morgan fingerprint density at radius 1 is 1.25 bits per heavy atom. The minimum atomic E-state index is 0.252. The summed E-state index contributed by atoms with van der Waals surface area (Å²) in [6.45, 7) is 12.1. The first-order chi connectivity index (χ1) is 7.86. The van der Waals surface area contributed by atoms with Gasteiger partial charge < -0.3 is 19.7 Å². The third-order valence-corrected chi connectivity index (χ3v) is 2.98. The van der Waals surface area contributed by atoms with Crippen LogP contribution in [0, 0.1) is 0 Å². The second kappa shape index (κ2) is 8.93. The van der Waals surface area contributed by atoms with Crippen LogP contribution in [0.2, 0.25) is 0 Å². The van der Waals surface area contributed by atoms with Gasteiger partial charge in [-0.25, -0.2) is 0 Å². The quantitative estimate of drug-likeness (QED) is 0.623. The van der Waals surface area contributed by atoms with Gasteiger partial charge in [-0.1, -0.05) is 13.8 Å². The van der Waals surface area contributed by atoms with E-state index in [2.05, 4.69) is 24.1 Å². The van der Waals surface area contributed by atoms with E-state index in [4.69, 9.17) is 9.47 Å². The van der Waals surface area contributed by atoms with Gasteiger partial charge in [0.05, 0.1) is 25.9 Å². The lowest BCUT2D eigenvalue weighted by Gasteiger charge is -2.23. The average Bonchev–Trinajstić information content (AvgIpc) is 2.35. The highest BCUT2D eigenvalue weighted by Crippen LogP contribution is 1.98. The Labute approximate surface area is 99.3 Å². The fraction of sp³-hybridized carbons (Fsp3) is 1.00. The topological polar surface area (TPSA) is 33.7 Å². The molecule has 0 aromatic heterocycles. The molecule has 0 aromatic carbocycles. The van der Waals surface area contributed by atoms with Gasteiger partial charge in [-0.3, -0.25) is 0 Å². The first kappa shape index (κ1) is 13.9. The molecule has 1 saturated heterocycles. The van der Waals surface area contributed by atoms with Crippen LogP contribution in [0.15, 0.2) is 0 Å². The molecule has 0 bridgehead atoms. The maximum Gasteiger partial charge on any atom is 0.0933 e. The Morgan fingerprint density at radius 3 is 2.69 bits per heavy atom. The van der Waals surface area contributed by atoms with Crippen molar-refractivity contribution < 1.29 is 9.47 Å². The van der Waals surface area contributed by atoms with Crippen molar-refractivity contribution in [2.24, 2.45) is 0 Å². The molecule has 1 atom stereocenters. The molecule has 1 rings (SSSR count). The monoisotopic (exact) mass is 230 g/mol. The summed E-state index contributed by atoms with van der Waals surface area (Å²) in [7, 11) is 0. The number of hydrogen-bond acceptors (Lipinski definition) is 4. The number of nitrogens with zero attached hydrogens (tertiary/aromatic N) is 1. The highest BCUT2D eigenvalue weighted by molar-refractivity contribution is 4.64. The lowest BCUT2D eigenvalue weighted by Crippen LogP contribution is -2.38. The summed E-state index contributed by atoms with van der Waals surface area (Å²) in [5.74, 6) is 0. The summed E-state index contributed by atoms with van der Waals surface area (Å²) < 4.78 is 10.9. The summed E-state index contributed by atoms with van der Waals surface area (Å²) in [5.41, 5.74) is 0. The van der Waals surface area contributed by atoms with Crippen molar-refractivity contribution in [2.75, 3.05) is 52.5 Å². The Bertz CT molecular complexity index is 157. The van der Waals surface area contributed by atoms with E-state index in [1.54, 1.807) is 0 Å². The van der Waals surface area contributed by atoms with E-state index in [1.165, 1.54) is 13.0 Å². The van der Waals surface area contributed by atoms with Crippen molar-refractivity contribution in [1.29, 1.82) is 0 Å². The molecule has 4 heteroatoms. The van der Waals surface area contributed by atoms with E-state index >= 15 is 0 Å². The maximum atomic E-state index is 5.55. The molecule has 1 unspecified atom stereocenters. The molecule has 0 spiro atoms. The second-order valence-corrected chi connectivity index (χ2v) is 4.15. The number of ether oxygens (including phenoxy) is 2. The Balaban J connectivity index is 1.90. The predicted molar refractivity (Wildman–Crippen MR) is 65.8 cm³/mol. The van der Waals surface area contributed by atoms with Crippen LogP contribution in [0.25, 0.3) is 0 Å². The zero-order valence-electron chi connectivity index (χ0n) is 10.7. The van der Waals surface area contributed by atoms with Crippen LogP contribution < -0.4 is 5.32 Å². The Kier molecular flexibility index (Phi) is 7.76. The van der Waals surface area contributed by atoms with Gasteiger partial charge >= 0.3 is 0 Å². The molecular weight excluding hydrogens is 204 g/mol. The van der Waals surface area contributed by atoms with Crippen molar-refractivity contribution in [1.82, 2.24) is 10.2 Å². The molecule has 1 N–H and O–H groups in total. The van der Waals surface area contributed by atoms with Gasteiger partial charge in [0, 0.05) is 6.54 Å². The summed E-state index contributed by atoms with van der Waals surface area (Å²) in [5, 5.41) is 3.43. The van der Waals surface area contributed by atoms with Crippen LogP contribution in [0.3, 0.4) is 0 Å². The molecule has 0 aliphatic carbocycles. The summed E-state index contributed by atoms with van der Waals surface area (Å²) in [4.78, 5) is 2.45. The third kappa shape index (κ3) is 5.80. The van der Waals surface area contributed by atoms with Crippen LogP contribution in [-0.4, -0.2) is 63.5 Å². The van der Waals surface area contributed by atoms with Crippen molar-refractivity contribution in [3.8, 4) is 0 Å². The SMILES string of the molecule is CCN(CC)CCCNCC1COCCO1. The molecule has 1 heterocycles. The summed E-state index contributed by atoms with van der Waals surface area (Å²) in [6.07, 6.45) is 1.46.